The molecule has 2 rings (SSSR count). The van der Waals surface area contributed by atoms with E-state index in [-0.39, 0.29) is 25.7 Å². The minimum Gasteiger partial charge on any atom is -0.481 e. The second kappa shape index (κ2) is 13.6. The van der Waals surface area contributed by atoms with Gasteiger partial charge in [-0.15, -0.1) is 0 Å². The highest BCUT2D eigenvalue weighted by atomic mass is 16.7. The zero-order valence-corrected chi connectivity index (χ0v) is 22.7. The topological polar surface area (TPSA) is 121 Å². The molecule has 0 aromatic heterocycles. The van der Waals surface area contributed by atoms with Crippen LogP contribution < -0.4 is 0 Å². The number of carboxylic acids is 1. The number of nitrogens with zero attached hydrogens (tertiary/aromatic N) is 1. The number of rotatable bonds is 12. The van der Waals surface area contributed by atoms with Gasteiger partial charge in [0.2, 0.25) is 0 Å². The van der Waals surface area contributed by atoms with Crippen molar-refractivity contribution in [2.24, 2.45) is 0 Å². The molecule has 1 aromatic rings. The SMILES string of the molecule is CC(C)OC(=O)OCC(ON1C(C)(C)CC(OC(=O)OCCCCC(=O)O)CC1(C)C)c1ccccc1. The number of carbonyl (C=O) groups excluding carboxylic acids is 2. The molecule has 1 aliphatic heterocycles. The van der Waals surface area contributed by atoms with Crippen molar-refractivity contribution in [3.8, 4) is 0 Å². The highest BCUT2D eigenvalue weighted by Crippen LogP contribution is 2.42. The van der Waals surface area contributed by atoms with Gasteiger partial charge in [0.1, 0.15) is 18.8 Å². The minimum absolute atomic E-state index is 0.0349. The fourth-order valence-electron chi connectivity index (χ4n) is 4.60. The molecule has 37 heavy (non-hydrogen) atoms. The van der Waals surface area contributed by atoms with Crippen LogP contribution in [0.5, 0.6) is 0 Å². The summed E-state index contributed by atoms with van der Waals surface area (Å²) in [4.78, 5) is 41.4. The molecule has 0 radical (unpaired) electrons. The van der Waals surface area contributed by atoms with Crippen molar-refractivity contribution in [2.45, 2.75) is 103 Å². The van der Waals surface area contributed by atoms with Crippen molar-refractivity contribution in [1.29, 1.82) is 0 Å². The first-order chi connectivity index (χ1) is 17.3. The normalized spacial score (nSPS) is 18.1. The van der Waals surface area contributed by atoms with Gasteiger partial charge in [-0.05, 0) is 59.9 Å². The summed E-state index contributed by atoms with van der Waals surface area (Å²) in [6.07, 6.45) is -0.892. The van der Waals surface area contributed by atoms with Gasteiger partial charge in [0.25, 0.3) is 0 Å². The maximum Gasteiger partial charge on any atom is 0.508 e. The smallest absolute Gasteiger partial charge is 0.481 e. The Kier molecular flexibility index (Phi) is 11.2. The summed E-state index contributed by atoms with van der Waals surface area (Å²) in [5, 5.41) is 10.6. The molecule has 0 saturated carbocycles. The predicted octanol–water partition coefficient (Wildman–Crippen LogP) is 5.65. The van der Waals surface area contributed by atoms with E-state index in [1.54, 1.807) is 13.8 Å². The number of aliphatic carboxylic acids is 1. The Morgan fingerprint density at radius 1 is 0.973 bits per heavy atom. The van der Waals surface area contributed by atoms with Crippen molar-refractivity contribution < 1.29 is 43.3 Å². The van der Waals surface area contributed by atoms with Crippen LogP contribution in [0.4, 0.5) is 9.59 Å². The molecule has 1 atom stereocenters. The number of carbonyl (C=O) groups is 3. The Morgan fingerprint density at radius 2 is 1.59 bits per heavy atom. The van der Waals surface area contributed by atoms with E-state index in [1.807, 2.05) is 63.1 Å². The lowest BCUT2D eigenvalue weighted by Gasteiger charge is -2.54. The van der Waals surface area contributed by atoms with Gasteiger partial charge in [0.05, 0.1) is 12.7 Å². The Hall–Kier alpha value is -2.85. The number of hydroxylamine groups is 2. The van der Waals surface area contributed by atoms with Crippen LogP contribution in [-0.4, -0.2) is 64.9 Å². The van der Waals surface area contributed by atoms with E-state index in [2.05, 4.69) is 0 Å². The lowest BCUT2D eigenvalue weighted by atomic mass is 9.80. The quantitative estimate of drug-likeness (QED) is 0.272. The van der Waals surface area contributed by atoms with Crippen molar-refractivity contribution in [1.82, 2.24) is 5.06 Å². The summed E-state index contributed by atoms with van der Waals surface area (Å²) in [6.45, 7) is 11.6. The van der Waals surface area contributed by atoms with E-state index in [0.29, 0.717) is 25.7 Å². The Labute approximate surface area is 219 Å². The Balaban J connectivity index is 2.03. The van der Waals surface area contributed by atoms with Gasteiger partial charge in [0.15, 0.2) is 0 Å². The standard InChI is InChI=1S/C27H41NO9/c1-19(2)35-25(32)34-18-22(20-12-8-7-9-13-20)37-28-26(3,4)16-21(17-27(28,5)6)36-24(31)33-15-11-10-14-23(29)30/h7-9,12-13,19,21-22H,10-11,14-18H2,1-6H3,(H,29,30). The van der Waals surface area contributed by atoms with Crippen LogP contribution in [0.2, 0.25) is 0 Å². The maximum atomic E-state index is 12.2. The van der Waals surface area contributed by atoms with Gasteiger partial charge in [-0.25, -0.2) is 9.59 Å². The zero-order valence-electron chi connectivity index (χ0n) is 22.7. The first-order valence-electron chi connectivity index (χ1n) is 12.7. The van der Waals surface area contributed by atoms with Crippen LogP contribution in [-0.2, 0) is 28.6 Å². The molecule has 1 heterocycles. The first-order valence-corrected chi connectivity index (χ1v) is 12.7. The second-order valence-electron chi connectivity index (χ2n) is 10.7. The van der Waals surface area contributed by atoms with Crippen molar-refractivity contribution in [2.75, 3.05) is 13.2 Å². The fraction of sp³-hybridized carbons (Fsp3) is 0.667. The number of ether oxygens (including phenoxy) is 4. The number of unbranched alkanes of at least 4 members (excludes halogenated alkanes) is 1. The average Bonchev–Trinajstić information content (AvgIpc) is 2.77. The molecule has 1 aliphatic rings. The third-order valence-corrected chi connectivity index (χ3v) is 5.91. The molecule has 1 aromatic carbocycles. The third kappa shape index (κ3) is 10.2. The van der Waals surface area contributed by atoms with Crippen LogP contribution >= 0.6 is 0 Å². The number of hydrogen-bond donors (Lipinski definition) is 1. The molecule has 1 unspecified atom stereocenters. The van der Waals surface area contributed by atoms with Gasteiger partial charge in [-0.2, -0.15) is 5.06 Å². The number of hydrogen-bond acceptors (Lipinski definition) is 9. The predicted molar refractivity (Wildman–Crippen MR) is 135 cm³/mol. The lowest BCUT2D eigenvalue weighted by molar-refractivity contribution is -0.320. The monoisotopic (exact) mass is 523 g/mol. The van der Waals surface area contributed by atoms with Crippen LogP contribution in [0, 0.1) is 0 Å². The maximum absolute atomic E-state index is 12.2. The molecule has 0 spiro atoms. The average molecular weight is 524 g/mol. The zero-order chi connectivity index (χ0) is 27.6. The van der Waals surface area contributed by atoms with Crippen LogP contribution in [0.1, 0.15) is 85.3 Å². The van der Waals surface area contributed by atoms with Gasteiger partial charge in [-0.1, -0.05) is 30.3 Å². The molecule has 10 nitrogen and oxygen atoms in total. The van der Waals surface area contributed by atoms with Crippen molar-refractivity contribution in [3.63, 3.8) is 0 Å². The summed E-state index contributed by atoms with van der Waals surface area (Å²) >= 11 is 0. The molecule has 1 fully saturated rings. The summed E-state index contributed by atoms with van der Waals surface area (Å²) in [5.74, 6) is -0.877. The van der Waals surface area contributed by atoms with E-state index >= 15 is 0 Å². The van der Waals surface area contributed by atoms with E-state index in [0.717, 1.165) is 5.56 Å². The third-order valence-electron chi connectivity index (χ3n) is 5.91. The highest BCUT2D eigenvalue weighted by Gasteiger charge is 2.49. The van der Waals surface area contributed by atoms with Crippen molar-refractivity contribution in [3.05, 3.63) is 35.9 Å². The molecule has 1 saturated heterocycles. The van der Waals surface area contributed by atoms with Crippen LogP contribution in [0.15, 0.2) is 30.3 Å². The fourth-order valence-corrected chi connectivity index (χ4v) is 4.60. The molecule has 208 valence electrons. The summed E-state index contributed by atoms with van der Waals surface area (Å²) < 4.78 is 21.2. The summed E-state index contributed by atoms with van der Waals surface area (Å²) in [7, 11) is 0. The van der Waals surface area contributed by atoms with Gasteiger partial charge < -0.3 is 24.1 Å². The molecule has 0 amide bonds. The summed E-state index contributed by atoms with van der Waals surface area (Å²) in [5.41, 5.74) is -0.240. The Morgan fingerprint density at radius 3 is 2.16 bits per heavy atom. The number of carboxylic acid groups (broad SMARTS) is 1. The number of piperidine rings is 1. The second-order valence-corrected chi connectivity index (χ2v) is 10.7. The number of benzene rings is 1. The van der Waals surface area contributed by atoms with Crippen LogP contribution in [0.25, 0.3) is 0 Å². The minimum atomic E-state index is -0.877. The van der Waals surface area contributed by atoms with Gasteiger partial charge in [0, 0.05) is 30.3 Å². The summed E-state index contributed by atoms with van der Waals surface area (Å²) in [6, 6.07) is 9.49. The van der Waals surface area contributed by atoms with Gasteiger partial charge >= 0.3 is 18.3 Å². The Bertz CT molecular complexity index is 867. The van der Waals surface area contributed by atoms with E-state index in [1.165, 1.54) is 0 Å². The van der Waals surface area contributed by atoms with E-state index < -0.39 is 41.6 Å². The highest BCUT2D eigenvalue weighted by molar-refractivity contribution is 5.66. The molecule has 1 N–H and O–H groups in total. The van der Waals surface area contributed by atoms with E-state index in [9.17, 15) is 14.4 Å². The van der Waals surface area contributed by atoms with Crippen LogP contribution in [0.3, 0.4) is 0 Å². The van der Waals surface area contributed by atoms with Crippen molar-refractivity contribution >= 4 is 18.3 Å². The first kappa shape index (κ1) is 30.4. The molecule has 10 heteroatoms. The molecular formula is C27H41NO9. The molecule has 0 bridgehead atoms. The lowest BCUT2D eigenvalue weighted by Crippen LogP contribution is -2.62. The van der Waals surface area contributed by atoms with Gasteiger partial charge in [-0.3, -0.25) is 9.63 Å². The molecular weight excluding hydrogens is 482 g/mol. The molecule has 0 aliphatic carbocycles. The van der Waals surface area contributed by atoms with E-state index in [4.69, 9.17) is 28.9 Å². The largest absolute Gasteiger partial charge is 0.508 e.